The van der Waals surface area contributed by atoms with Crippen molar-refractivity contribution in [2.45, 2.75) is 25.4 Å². The molecule has 1 unspecified atom stereocenters. The quantitative estimate of drug-likeness (QED) is 0.477. The number of likely N-dealkylation sites (tertiary alicyclic amines) is 1. The maximum atomic E-state index is 4.22. The third-order valence-electron chi connectivity index (χ3n) is 3.87. The SMILES string of the molecule is C=CCNC(=NC)NCC1CCCN1Cc1ccccc1. The highest BCUT2D eigenvalue weighted by atomic mass is 15.2. The van der Waals surface area contributed by atoms with Crippen molar-refractivity contribution in [3.8, 4) is 0 Å². The molecule has 0 saturated carbocycles. The van der Waals surface area contributed by atoms with E-state index in [2.05, 4.69) is 57.4 Å². The predicted molar refractivity (Wildman–Crippen MR) is 89.4 cm³/mol. The summed E-state index contributed by atoms with van der Waals surface area (Å²) < 4.78 is 0. The van der Waals surface area contributed by atoms with Gasteiger partial charge in [-0.2, -0.15) is 0 Å². The fourth-order valence-electron chi connectivity index (χ4n) is 2.76. The van der Waals surface area contributed by atoms with E-state index < -0.39 is 0 Å². The van der Waals surface area contributed by atoms with Crippen LogP contribution in [0.25, 0.3) is 0 Å². The summed E-state index contributed by atoms with van der Waals surface area (Å²) in [6, 6.07) is 11.3. The Morgan fingerprint density at radius 3 is 2.90 bits per heavy atom. The third kappa shape index (κ3) is 4.90. The number of aliphatic imine (C=N–C) groups is 1. The lowest BCUT2D eigenvalue weighted by Gasteiger charge is -2.25. The van der Waals surface area contributed by atoms with Gasteiger partial charge < -0.3 is 10.6 Å². The standard InChI is InChI=1S/C17H26N4/c1-3-11-19-17(18-2)20-13-16-10-7-12-21(16)14-15-8-5-4-6-9-15/h3-6,8-9,16H,1,7,10-14H2,2H3,(H2,18,19,20). The first-order valence-electron chi connectivity index (χ1n) is 7.67. The fourth-order valence-corrected chi connectivity index (χ4v) is 2.76. The van der Waals surface area contributed by atoms with Crippen LogP contribution in [-0.2, 0) is 6.54 Å². The summed E-state index contributed by atoms with van der Waals surface area (Å²) in [5.74, 6) is 0.849. The van der Waals surface area contributed by atoms with Crippen molar-refractivity contribution in [1.29, 1.82) is 0 Å². The monoisotopic (exact) mass is 286 g/mol. The van der Waals surface area contributed by atoms with Gasteiger partial charge in [-0.15, -0.1) is 6.58 Å². The van der Waals surface area contributed by atoms with Crippen LogP contribution in [0.5, 0.6) is 0 Å². The van der Waals surface area contributed by atoms with E-state index in [-0.39, 0.29) is 0 Å². The maximum absolute atomic E-state index is 4.22. The molecule has 1 saturated heterocycles. The van der Waals surface area contributed by atoms with Crippen molar-refractivity contribution in [2.24, 2.45) is 4.99 Å². The number of nitrogens with one attached hydrogen (secondary N) is 2. The highest BCUT2D eigenvalue weighted by molar-refractivity contribution is 5.79. The molecule has 114 valence electrons. The first-order valence-corrected chi connectivity index (χ1v) is 7.67. The molecule has 4 heteroatoms. The third-order valence-corrected chi connectivity index (χ3v) is 3.87. The van der Waals surface area contributed by atoms with Gasteiger partial charge in [0.25, 0.3) is 0 Å². The second-order valence-electron chi connectivity index (χ2n) is 5.37. The van der Waals surface area contributed by atoms with Gasteiger partial charge in [-0.25, -0.2) is 0 Å². The van der Waals surface area contributed by atoms with E-state index in [4.69, 9.17) is 0 Å². The van der Waals surface area contributed by atoms with E-state index in [1.807, 2.05) is 6.08 Å². The van der Waals surface area contributed by atoms with Gasteiger partial charge in [0, 0.05) is 32.7 Å². The molecular formula is C17H26N4. The zero-order chi connectivity index (χ0) is 14.9. The molecule has 1 aliphatic heterocycles. The molecule has 1 aromatic carbocycles. The molecule has 0 spiro atoms. The minimum absolute atomic E-state index is 0.576. The Morgan fingerprint density at radius 1 is 1.38 bits per heavy atom. The van der Waals surface area contributed by atoms with Crippen molar-refractivity contribution in [1.82, 2.24) is 15.5 Å². The lowest BCUT2D eigenvalue weighted by atomic mass is 10.2. The van der Waals surface area contributed by atoms with Gasteiger partial charge in [0.2, 0.25) is 0 Å². The van der Waals surface area contributed by atoms with Crippen LogP contribution in [0.15, 0.2) is 48.0 Å². The minimum atomic E-state index is 0.576. The second kappa shape index (κ2) is 8.47. The molecular weight excluding hydrogens is 260 g/mol. The average molecular weight is 286 g/mol. The van der Waals surface area contributed by atoms with E-state index in [0.717, 1.165) is 25.6 Å². The van der Waals surface area contributed by atoms with Crippen molar-refractivity contribution >= 4 is 5.96 Å². The molecule has 0 radical (unpaired) electrons. The van der Waals surface area contributed by atoms with E-state index in [9.17, 15) is 0 Å². The Kier molecular flexibility index (Phi) is 6.28. The van der Waals surface area contributed by atoms with Crippen molar-refractivity contribution in [3.63, 3.8) is 0 Å². The van der Waals surface area contributed by atoms with Gasteiger partial charge in [0.05, 0.1) is 0 Å². The van der Waals surface area contributed by atoms with Crippen LogP contribution in [0.1, 0.15) is 18.4 Å². The summed E-state index contributed by atoms with van der Waals surface area (Å²) in [5, 5.41) is 6.62. The summed E-state index contributed by atoms with van der Waals surface area (Å²) in [6.07, 6.45) is 4.36. The number of hydrogen-bond donors (Lipinski definition) is 2. The van der Waals surface area contributed by atoms with Crippen LogP contribution in [0.3, 0.4) is 0 Å². The molecule has 1 aliphatic rings. The first kappa shape index (κ1) is 15.6. The Morgan fingerprint density at radius 2 is 2.19 bits per heavy atom. The van der Waals surface area contributed by atoms with E-state index in [1.54, 1.807) is 7.05 Å². The van der Waals surface area contributed by atoms with Crippen LogP contribution in [0, 0.1) is 0 Å². The number of rotatable bonds is 6. The molecule has 21 heavy (non-hydrogen) atoms. The Balaban J connectivity index is 1.83. The Hall–Kier alpha value is -1.81. The van der Waals surface area contributed by atoms with Gasteiger partial charge in [0.1, 0.15) is 0 Å². The second-order valence-corrected chi connectivity index (χ2v) is 5.37. The van der Waals surface area contributed by atoms with Crippen molar-refractivity contribution in [3.05, 3.63) is 48.6 Å². The topological polar surface area (TPSA) is 39.7 Å². The van der Waals surface area contributed by atoms with Crippen LogP contribution in [0.2, 0.25) is 0 Å². The van der Waals surface area contributed by atoms with Gasteiger partial charge >= 0.3 is 0 Å². The van der Waals surface area contributed by atoms with Gasteiger partial charge in [-0.3, -0.25) is 9.89 Å². The zero-order valence-electron chi connectivity index (χ0n) is 12.9. The van der Waals surface area contributed by atoms with Gasteiger partial charge in [-0.1, -0.05) is 36.4 Å². The van der Waals surface area contributed by atoms with E-state index >= 15 is 0 Å². The lowest BCUT2D eigenvalue weighted by molar-refractivity contribution is 0.245. The molecule has 0 aromatic heterocycles. The van der Waals surface area contributed by atoms with E-state index in [1.165, 1.54) is 24.9 Å². The summed E-state index contributed by atoms with van der Waals surface area (Å²) >= 11 is 0. The molecule has 0 aliphatic carbocycles. The summed E-state index contributed by atoms with van der Waals surface area (Å²) in [6.45, 7) is 7.59. The van der Waals surface area contributed by atoms with Crippen molar-refractivity contribution < 1.29 is 0 Å². The molecule has 1 atom stereocenters. The Bertz CT molecular complexity index is 455. The van der Waals surface area contributed by atoms with Gasteiger partial charge in [0.15, 0.2) is 5.96 Å². The van der Waals surface area contributed by atoms with Gasteiger partial charge in [-0.05, 0) is 24.9 Å². The average Bonchev–Trinajstić information content (AvgIpc) is 2.96. The molecule has 2 N–H and O–H groups in total. The zero-order valence-corrected chi connectivity index (χ0v) is 12.9. The smallest absolute Gasteiger partial charge is 0.191 e. The van der Waals surface area contributed by atoms with Crippen molar-refractivity contribution in [2.75, 3.05) is 26.7 Å². The van der Waals surface area contributed by atoms with Crippen LogP contribution >= 0.6 is 0 Å². The van der Waals surface area contributed by atoms with Crippen LogP contribution < -0.4 is 10.6 Å². The summed E-state index contributed by atoms with van der Waals surface area (Å²) in [7, 11) is 1.80. The predicted octanol–water partition coefficient (Wildman–Crippen LogP) is 2.00. The largest absolute Gasteiger partial charge is 0.355 e. The number of guanidine groups is 1. The highest BCUT2D eigenvalue weighted by Gasteiger charge is 2.24. The number of benzene rings is 1. The normalized spacial score (nSPS) is 19.5. The van der Waals surface area contributed by atoms with Crippen LogP contribution in [-0.4, -0.2) is 43.6 Å². The molecule has 0 bridgehead atoms. The summed E-state index contributed by atoms with van der Waals surface area (Å²) in [5.41, 5.74) is 1.39. The Labute approximate surface area is 128 Å². The lowest BCUT2D eigenvalue weighted by Crippen LogP contribution is -2.44. The molecule has 1 fully saturated rings. The maximum Gasteiger partial charge on any atom is 0.191 e. The number of nitrogens with zero attached hydrogens (tertiary/aromatic N) is 2. The fraction of sp³-hybridized carbons (Fsp3) is 0.471. The molecule has 2 rings (SSSR count). The molecule has 0 amide bonds. The molecule has 1 aromatic rings. The number of hydrogen-bond acceptors (Lipinski definition) is 2. The first-order chi connectivity index (χ1) is 10.3. The summed E-state index contributed by atoms with van der Waals surface area (Å²) in [4.78, 5) is 6.78. The molecule has 4 nitrogen and oxygen atoms in total. The molecule has 1 heterocycles. The highest BCUT2D eigenvalue weighted by Crippen LogP contribution is 2.19. The van der Waals surface area contributed by atoms with Crippen LogP contribution in [0.4, 0.5) is 0 Å². The van der Waals surface area contributed by atoms with E-state index in [0.29, 0.717) is 6.04 Å². The minimum Gasteiger partial charge on any atom is -0.355 e.